The highest BCUT2D eigenvalue weighted by Crippen LogP contribution is 2.25. The van der Waals surface area contributed by atoms with Crippen LogP contribution in [-0.4, -0.2) is 40.6 Å². The third kappa shape index (κ3) is 5.95. The fraction of sp³-hybridized carbons (Fsp3) is 0.941. The third-order valence-corrected chi connectivity index (χ3v) is 4.96. The number of nitrogens with two attached hydrogens (primary N) is 1. The Balaban J connectivity index is 2.46. The second-order valence-corrected chi connectivity index (χ2v) is 7.08. The maximum Gasteiger partial charge on any atom is 0.323 e. The Bertz CT molecular complexity index is 314. The summed E-state index contributed by atoms with van der Waals surface area (Å²) in [6, 6.07) is 0.711. The van der Waals surface area contributed by atoms with Crippen molar-refractivity contribution in [3.63, 3.8) is 0 Å². The minimum absolute atomic E-state index is 0.498. The SMILES string of the molecule is CCC(N)(CCCN(CCC(C)C)C1CCCC1)C(=O)O. The smallest absolute Gasteiger partial charge is 0.323 e. The van der Waals surface area contributed by atoms with E-state index in [4.69, 9.17) is 5.73 Å². The molecule has 0 saturated heterocycles. The van der Waals surface area contributed by atoms with E-state index < -0.39 is 11.5 Å². The van der Waals surface area contributed by atoms with Crippen LogP contribution in [0.15, 0.2) is 0 Å². The van der Waals surface area contributed by atoms with Crippen molar-refractivity contribution >= 4 is 5.97 Å². The van der Waals surface area contributed by atoms with Gasteiger partial charge in [0.25, 0.3) is 0 Å². The molecule has 1 saturated carbocycles. The van der Waals surface area contributed by atoms with Gasteiger partial charge in [0.15, 0.2) is 0 Å². The summed E-state index contributed by atoms with van der Waals surface area (Å²) >= 11 is 0. The van der Waals surface area contributed by atoms with Gasteiger partial charge in [-0.2, -0.15) is 0 Å². The van der Waals surface area contributed by atoms with Crippen LogP contribution in [0, 0.1) is 5.92 Å². The zero-order chi connectivity index (χ0) is 15.9. The van der Waals surface area contributed by atoms with Crippen molar-refractivity contribution in [2.45, 2.75) is 83.7 Å². The van der Waals surface area contributed by atoms with E-state index in [1.165, 1.54) is 32.1 Å². The van der Waals surface area contributed by atoms with E-state index in [1.807, 2.05) is 6.92 Å². The first kappa shape index (κ1) is 18.4. The molecule has 0 aromatic rings. The van der Waals surface area contributed by atoms with Crippen molar-refractivity contribution in [3.05, 3.63) is 0 Å². The van der Waals surface area contributed by atoms with Gasteiger partial charge in [0, 0.05) is 6.04 Å². The van der Waals surface area contributed by atoms with Gasteiger partial charge in [-0.1, -0.05) is 33.6 Å². The molecule has 0 amide bonds. The summed E-state index contributed by atoms with van der Waals surface area (Å²) in [5.41, 5.74) is 4.94. The first-order valence-electron chi connectivity index (χ1n) is 8.65. The summed E-state index contributed by atoms with van der Waals surface area (Å²) in [5.74, 6) is -0.142. The van der Waals surface area contributed by atoms with E-state index in [0.29, 0.717) is 18.9 Å². The molecule has 21 heavy (non-hydrogen) atoms. The minimum atomic E-state index is -1.04. The molecule has 3 N–H and O–H groups in total. The highest BCUT2D eigenvalue weighted by atomic mass is 16.4. The third-order valence-electron chi connectivity index (χ3n) is 4.96. The van der Waals surface area contributed by atoms with Crippen molar-refractivity contribution in [2.24, 2.45) is 11.7 Å². The second-order valence-electron chi connectivity index (χ2n) is 7.08. The number of carboxylic acid groups (broad SMARTS) is 1. The van der Waals surface area contributed by atoms with Crippen LogP contribution in [0.25, 0.3) is 0 Å². The highest BCUT2D eigenvalue weighted by molar-refractivity contribution is 5.78. The normalized spacial score (nSPS) is 19.3. The molecule has 1 rings (SSSR count). The molecule has 1 fully saturated rings. The highest BCUT2D eigenvalue weighted by Gasteiger charge is 2.31. The number of aliphatic carboxylic acids is 1. The van der Waals surface area contributed by atoms with E-state index >= 15 is 0 Å². The molecule has 1 aliphatic carbocycles. The van der Waals surface area contributed by atoms with Crippen molar-refractivity contribution < 1.29 is 9.90 Å². The van der Waals surface area contributed by atoms with Crippen LogP contribution >= 0.6 is 0 Å². The summed E-state index contributed by atoms with van der Waals surface area (Å²) in [7, 11) is 0. The summed E-state index contributed by atoms with van der Waals surface area (Å²) in [6.07, 6.45) is 8.46. The Labute approximate surface area is 130 Å². The van der Waals surface area contributed by atoms with Crippen molar-refractivity contribution in [2.75, 3.05) is 13.1 Å². The number of hydrogen-bond acceptors (Lipinski definition) is 3. The first-order valence-corrected chi connectivity index (χ1v) is 8.65. The molecule has 0 bridgehead atoms. The Morgan fingerprint density at radius 1 is 1.33 bits per heavy atom. The fourth-order valence-corrected chi connectivity index (χ4v) is 3.20. The predicted molar refractivity (Wildman–Crippen MR) is 87.4 cm³/mol. The molecule has 0 radical (unpaired) electrons. The van der Waals surface area contributed by atoms with Crippen LogP contribution in [-0.2, 0) is 4.79 Å². The standard InChI is InChI=1S/C17H34N2O2/c1-4-17(18,16(20)21)11-7-12-19(13-10-14(2)3)15-8-5-6-9-15/h14-15H,4-13,18H2,1-3H3,(H,20,21). The molecular formula is C17H34N2O2. The van der Waals surface area contributed by atoms with Crippen molar-refractivity contribution in [1.29, 1.82) is 0 Å². The summed E-state index contributed by atoms with van der Waals surface area (Å²) in [5, 5.41) is 9.25. The lowest BCUT2D eigenvalue weighted by Crippen LogP contribution is -2.48. The molecule has 0 aromatic carbocycles. The van der Waals surface area contributed by atoms with Gasteiger partial charge in [-0.25, -0.2) is 0 Å². The van der Waals surface area contributed by atoms with E-state index in [0.717, 1.165) is 25.4 Å². The Morgan fingerprint density at radius 3 is 2.43 bits per heavy atom. The van der Waals surface area contributed by atoms with Gasteiger partial charge in [0.2, 0.25) is 0 Å². The van der Waals surface area contributed by atoms with Gasteiger partial charge in [0.05, 0.1) is 0 Å². The van der Waals surface area contributed by atoms with Gasteiger partial charge in [0.1, 0.15) is 5.54 Å². The maximum atomic E-state index is 11.3. The van der Waals surface area contributed by atoms with Crippen molar-refractivity contribution in [3.8, 4) is 0 Å². The van der Waals surface area contributed by atoms with Crippen LogP contribution in [0.5, 0.6) is 0 Å². The van der Waals surface area contributed by atoms with Gasteiger partial charge in [-0.15, -0.1) is 0 Å². The summed E-state index contributed by atoms with van der Waals surface area (Å²) < 4.78 is 0. The zero-order valence-corrected chi connectivity index (χ0v) is 14.1. The predicted octanol–water partition coefficient (Wildman–Crippen LogP) is 3.25. The van der Waals surface area contributed by atoms with E-state index in [9.17, 15) is 9.90 Å². The second kappa shape index (κ2) is 8.74. The van der Waals surface area contributed by atoms with Gasteiger partial charge in [-0.05, 0) is 57.5 Å². The monoisotopic (exact) mass is 298 g/mol. The Hall–Kier alpha value is -0.610. The Morgan fingerprint density at radius 2 is 1.95 bits per heavy atom. The molecule has 124 valence electrons. The molecule has 0 aliphatic heterocycles. The lowest BCUT2D eigenvalue weighted by atomic mass is 9.91. The zero-order valence-electron chi connectivity index (χ0n) is 14.1. The molecule has 4 heteroatoms. The number of carboxylic acids is 1. The number of carbonyl (C=O) groups is 1. The van der Waals surface area contributed by atoms with E-state index in [-0.39, 0.29) is 0 Å². The molecule has 1 aliphatic rings. The lowest BCUT2D eigenvalue weighted by Gasteiger charge is -2.31. The molecule has 0 aromatic heterocycles. The van der Waals surface area contributed by atoms with Crippen LogP contribution < -0.4 is 5.73 Å². The van der Waals surface area contributed by atoms with Crippen LogP contribution in [0.4, 0.5) is 0 Å². The number of rotatable bonds is 10. The molecular weight excluding hydrogens is 264 g/mol. The lowest BCUT2D eigenvalue weighted by molar-refractivity contribution is -0.143. The first-order chi connectivity index (χ1) is 9.89. The van der Waals surface area contributed by atoms with Gasteiger partial charge < -0.3 is 15.7 Å². The van der Waals surface area contributed by atoms with Gasteiger partial charge in [-0.3, -0.25) is 4.79 Å². The van der Waals surface area contributed by atoms with E-state index in [1.54, 1.807) is 0 Å². The van der Waals surface area contributed by atoms with Crippen LogP contribution in [0.1, 0.15) is 72.1 Å². The summed E-state index contributed by atoms with van der Waals surface area (Å²) in [6.45, 7) is 8.52. The van der Waals surface area contributed by atoms with E-state index in [2.05, 4.69) is 18.7 Å². The fourth-order valence-electron chi connectivity index (χ4n) is 3.20. The average molecular weight is 298 g/mol. The largest absolute Gasteiger partial charge is 0.480 e. The summed E-state index contributed by atoms with van der Waals surface area (Å²) in [4.78, 5) is 13.8. The average Bonchev–Trinajstić information content (AvgIpc) is 2.95. The minimum Gasteiger partial charge on any atom is -0.480 e. The quantitative estimate of drug-likeness (QED) is 0.649. The molecule has 1 atom stereocenters. The molecule has 4 nitrogen and oxygen atoms in total. The van der Waals surface area contributed by atoms with Crippen LogP contribution in [0.3, 0.4) is 0 Å². The molecule has 1 unspecified atom stereocenters. The maximum absolute atomic E-state index is 11.3. The molecule has 0 spiro atoms. The van der Waals surface area contributed by atoms with Crippen LogP contribution in [0.2, 0.25) is 0 Å². The topological polar surface area (TPSA) is 66.6 Å². The van der Waals surface area contributed by atoms with Crippen molar-refractivity contribution in [1.82, 2.24) is 4.90 Å². The van der Waals surface area contributed by atoms with Gasteiger partial charge >= 0.3 is 5.97 Å². The Kier molecular flexibility index (Phi) is 7.67. The molecule has 0 heterocycles. The number of nitrogens with zero attached hydrogens (tertiary/aromatic N) is 1. The number of hydrogen-bond donors (Lipinski definition) is 2.